The van der Waals surface area contributed by atoms with E-state index in [0.29, 0.717) is 6.54 Å². The van der Waals surface area contributed by atoms with Gasteiger partial charge >= 0.3 is 0 Å². The van der Waals surface area contributed by atoms with Gasteiger partial charge in [0.2, 0.25) is 0 Å². The van der Waals surface area contributed by atoms with E-state index in [0.717, 1.165) is 11.4 Å². The van der Waals surface area contributed by atoms with Crippen molar-refractivity contribution in [2.75, 3.05) is 6.54 Å². The molecule has 2 aromatic rings. The van der Waals surface area contributed by atoms with Crippen LogP contribution in [0, 0.1) is 6.92 Å². The highest BCUT2D eigenvalue weighted by molar-refractivity contribution is 7.09. The van der Waals surface area contributed by atoms with E-state index in [1.165, 1.54) is 36.1 Å². The molecular formula is C16H20N2S. The monoisotopic (exact) mass is 272 g/mol. The molecule has 3 heteroatoms. The van der Waals surface area contributed by atoms with Crippen LogP contribution in [0.5, 0.6) is 0 Å². The third kappa shape index (κ3) is 2.33. The molecule has 1 aromatic heterocycles. The molecule has 1 heterocycles. The van der Waals surface area contributed by atoms with Crippen LogP contribution in [-0.4, -0.2) is 11.5 Å². The molecule has 2 N–H and O–H groups in total. The minimum absolute atomic E-state index is 0.0926. The van der Waals surface area contributed by atoms with E-state index in [9.17, 15) is 0 Å². The third-order valence-electron chi connectivity index (χ3n) is 4.27. The summed E-state index contributed by atoms with van der Waals surface area (Å²) in [6.45, 7) is 2.78. The summed E-state index contributed by atoms with van der Waals surface area (Å²) in [6.07, 6.45) is 4.58. The fourth-order valence-corrected chi connectivity index (χ4v) is 3.92. The summed E-state index contributed by atoms with van der Waals surface area (Å²) in [6, 6.07) is 8.80. The van der Waals surface area contributed by atoms with Crippen molar-refractivity contribution in [2.24, 2.45) is 5.73 Å². The van der Waals surface area contributed by atoms with Crippen LogP contribution in [-0.2, 0) is 18.3 Å². The maximum absolute atomic E-state index is 6.18. The molecule has 1 aromatic carbocycles. The zero-order chi connectivity index (χ0) is 13.3. The second kappa shape index (κ2) is 5.06. The first kappa shape index (κ1) is 12.8. The van der Waals surface area contributed by atoms with Crippen LogP contribution < -0.4 is 5.73 Å². The molecule has 19 heavy (non-hydrogen) atoms. The standard InChI is InChI=1S/C16H20N2S/c1-12-18-14(10-19-12)9-16(11-17)8-4-6-13-5-2-3-7-15(13)16/h2-3,5,7,10H,4,6,8-9,11,17H2,1H3. The van der Waals surface area contributed by atoms with Crippen LogP contribution in [0.4, 0.5) is 0 Å². The summed E-state index contributed by atoms with van der Waals surface area (Å²) in [5.41, 5.74) is 10.4. The first-order chi connectivity index (χ1) is 9.23. The lowest BCUT2D eigenvalue weighted by Gasteiger charge is -2.38. The Kier molecular flexibility index (Phi) is 3.42. The van der Waals surface area contributed by atoms with Gasteiger partial charge in [0.25, 0.3) is 0 Å². The minimum atomic E-state index is 0.0926. The number of aromatic nitrogens is 1. The molecule has 3 rings (SSSR count). The zero-order valence-corrected chi connectivity index (χ0v) is 12.2. The van der Waals surface area contributed by atoms with Crippen molar-refractivity contribution in [3.8, 4) is 0 Å². The van der Waals surface area contributed by atoms with E-state index in [4.69, 9.17) is 5.73 Å². The number of aryl methyl sites for hydroxylation is 2. The van der Waals surface area contributed by atoms with Gasteiger partial charge in [-0.25, -0.2) is 4.98 Å². The maximum Gasteiger partial charge on any atom is 0.0897 e. The van der Waals surface area contributed by atoms with Gasteiger partial charge in [-0.15, -0.1) is 11.3 Å². The molecule has 0 spiro atoms. The highest BCUT2D eigenvalue weighted by Gasteiger charge is 2.35. The molecule has 0 fully saturated rings. The molecule has 0 bridgehead atoms. The number of thiazole rings is 1. The summed E-state index contributed by atoms with van der Waals surface area (Å²) < 4.78 is 0. The van der Waals surface area contributed by atoms with Crippen LogP contribution in [0.15, 0.2) is 29.6 Å². The van der Waals surface area contributed by atoms with Gasteiger partial charge in [0.15, 0.2) is 0 Å². The topological polar surface area (TPSA) is 38.9 Å². The van der Waals surface area contributed by atoms with Crippen molar-refractivity contribution in [2.45, 2.75) is 38.0 Å². The molecule has 0 saturated heterocycles. The Morgan fingerprint density at radius 1 is 1.37 bits per heavy atom. The van der Waals surface area contributed by atoms with Crippen molar-refractivity contribution in [1.82, 2.24) is 4.98 Å². The van der Waals surface area contributed by atoms with Crippen molar-refractivity contribution in [3.05, 3.63) is 51.5 Å². The number of hydrogen-bond donors (Lipinski definition) is 1. The SMILES string of the molecule is Cc1nc(CC2(CN)CCCc3ccccc32)cs1. The lowest BCUT2D eigenvalue weighted by molar-refractivity contribution is 0.363. The lowest BCUT2D eigenvalue weighted by atomic mass is 9.67. The highest BCUT2D eigenvalue weighted by Crippen LogP contribution is 2.39. The number of fused-ring (bicyclic) bond motifs is 1. The maximum atomic E-state index is 6.18. The van der Waals surface area contributed by atoms with E-state index in [1.54, 1.807) is 11.3 Å². The van der Waals surface area contributed by atoms with Gasteiger partial charge in [0.05, 0.1) is 10.7 Å². The van der Waals surface area contributed by atoms with Gasteiger partial charge in [-0.1, -0.05) is 24.3 Å². The van der Waals surface area contributed by atoms with Gasteiger partial charge in [-0.2, -0.15) is 0 Å². The average molecular weight is 272 g/mol. The third-order valence-corrected chi connectivity index (χ3v) is 5.09. The number of benzene rings is 1. The quantitative estimate of drug-likeness (QED) is 0.931. The van der Waals surface area contributed by atoms with Gasteiger partial charge in [0.1, 0.15) is 0 Å². The van der Waals surface area contributed by atoms with Crippen molar-refractivity contribution in [3.63, 3.8) is 0 Å². The van der Waals surface area contributed by atoms with Crippen molar-refractivity contribution >= 4 is 11.3 Å². The van der Waals surface area contributed by atoms with Crippen LogP contribution >= 0.6 is 11.3 Å². The molecule has 2 nitrogen and oxygen atoms in total. The minimum Gasteiger partial charge on any atom is -0.330 e. The highest BCUT2D eigenvalue weighted by atomic mass is 32.1. The number of hydrogen-bond acceptors (Lipinski definition) is 3. The summed E-state index contributed by atoms with van der Waals surface area (Å²) >= 11 is 1.73. The van der Waals surface area contributed by atoms with E-state index < -0.39 is 0 Å². The Morgan fingerprint density at radius 3 is 2.95 bits per heavy atom. The molecular weight excluding hydrogens is 252 g/mol. The fraction of sp³-hybridized carbons (Fsp3) is 0.438. The molecule has 0 radical (unpaired) electrons. The van der Waals surface area contributed by atoms with Crippen LogP contribution in [0.1, 0.15) is 34.7 Å². The number of rotatable bonds is 3. The molecule has 100 valence electrons. The van der Waals surface area contributed by atoms with Crippen molar-refractivity contribution < 1.29 is 0 Å². The normalized spacial score (nSPS) is 22.2. The molecule has 0 saturated carbocycles. The second-order valence-corrected chi connectivity index (χ2v) is 6.59. The first-order valence-corrected chi connectivity index (χ1v) is 7.81. The summed E-state index contributed by atoms with van der Waals surface area (Å²) in [5, 5.41) is 3.33. The van der Waals surface area contributed by atoms with Crippen LogP contribution in [0.25, 0.3) is 0 Å². The summed E-state index contributed by atoms with van der Waals surface area (Å²) in [5.74, 6) is 0. The second-order valence-electron chi connectivity index (χ2n) is 5.53. The molecule has 1 atom stereocenters. The Bertz CT molecular complexity index is 576. The van der Waals surface area contributed by atoms with E-state index in [-0.39, 0.29) is 5.41 Å². The molecule has 1 aliphatic carbocycles. The predicted molar refractivity (Wildman–Crippen MR) is 80.7 cm³/mol. The van der Waals surface area contributed by atoms with Gasteiger partial charge in [-0.05, 0) is 37.3 Å². The fourth-order valence-electron chi connectivity index (χ4n) is 3.31. The molecule has 1 aliphatic rings. The lowest BCUT2D eigenvalue weighted by Crippen LogP contribution is -2.40. The largest absolute Gasteiger partial charge is 0.330 e. The Labute approximate surface area is 118 Å². The Hall–Kier alpha value is -1.19. The molecule has 1 unspecified atom stereocenters. The summed E-state index contributed by atoms with van der Waals surface area (Å²) in [7, 11) is 0. The zero-order valence-electron chi connectivity index (χ0n) is 11.4. The van der Waals surface area contributed by atoms with E-state index in [1.807, 2.05) is 0 Å². The average Bonchev–Trinajstić information content (AvgIpc) is 2.84. The predicted octanol–water partition coefficient (Wildman–Crippen LogP) is 3.23. The number of nitrogens with two attached hydrogens (primary N) is 1. The Balaban J connectivity index is 2.00. The molecule has 0 amide bonds. The first-order valence-electron chi connectivity index (χ1n) is 6.93. The number of nitrogens with zero attached hydrogens (tertiary/aromatic N) is 1. The van der Waals surface area contributed by atoms with Gasteiger partial charge in [-0.3, -0.25) is 0 Å². The molecule has 0 aliphatic heterocycles. The Morgan fingerprint density at radius 2 is 2.21 bits per heavy atom. The van der Waals surface area contributed by atoms with Crippen LogP contribution in [0.2, 0.25) is 0 Å². The van der Waals surface area contributed by atoms with Crippen LogP contribution in [0.3, 0.4) is 0 Å². The van der Waals surface area contributed by atoms with Crippen molar-refractivity contribution in [1.29, 1.82) is 0 Å². The van der Waals surface area contributed by atoms with E-state index in [2.05, 4.69) is 41.6 Å². The smallest absolute Gasteiger partial charge is 0.0897 e. The van der Waals surface area contributed by atoms with Gasteiger partial charge < -0.3 is 5.73 Å². The summed E-state index contributed by atoms with van der Waals surface area (Å²) in [4.78, 5) is 4.63. The van der Waals surface area contributed by atoms with Gasteiger partial charge in [0, 0.05) is 23.8 Å². The van der Waals surface area contributed by atoms with E-state index >= 15 is 0 Å².